The Morgan fingerprint density at radius 1 is 0.804 bits per heavy atom. The normalized spacial score (nSPS) is 18.5. The third-order valence-electron chi connectivity index (χ3n) is 11.0. The van der Waals surface area contributed by atoms with Gasteiger partial charge in [-0.2, -0.15) is 0 Å². The molecule has 2 saturated heterocycles. The van der Waals surface area contributed by atoms with Crippen LogP contribution >= 0.6 is 0 Å². The minimum Gasteiger partial charge on any atom is -0.453 e. The zero-order valence-electron chi connectivity index (χ0n) is 32.3. The Morgan fingerprint density at radius 3 is 1.98 bits per heavy atom. The number of nitrogens with one attached hydrogen (secondary N) is 4. The molecular formula is C40H46N10O6. The van der Waals surface area contributed by atoms with Crippen molar-refractivity contribution in [2.24, 2.45) is 11.8 Å². The van der Waals surface area contributed by atoms with Gasteiger partial charge in [-0.05, 0) is 61.8 Å². The van der Waals surface area contributed by atoms with Crippen molar-refractivity contribution in [1.29, 1.82) is 0 Å². The first-order chi connectivity index (χ1) is 26.9. The maximum atomic E-state index is 13.7. The Labute approximate surface area is 322 Å². The van der Waals surface area contributed by atoms with Gasteiger partial charge in [-0.25, -0.2) is 19.7 Å². The standard InChI is InChI=1S/C40H46N10O6/c1-19(2)29(42-21(5)51)38(52)49-15-8-10-28(49)36-44-25-13-14-26-34(33(25)47-36)56-37(45-26)23-17-22-11-12-24-32(31(22)41-18-23)46-35(43-24)27-9-7-16-50(27)39(53)30(20(3)4)48-40(54)55-6/h11-14,17-20,27-30H,7-10,15-16H2,1-6H3,(H,42,51)(H,43,46)(H,44,47)(H,48,54)/t27-,28-,29-,30-/m0/s1. The number of amides is 4. The molecule has 6 heterocycles. The van der Waals surface area contributed by atoms with Gasteiger partial charge < -0.3 is 39.6 Å². The molecule has 0 saturated carbocycles. The molecule has 56 heavy (non-hydrogen) atoms. The van der Waals surface area contributed by atoms with Gasteiger partial charge in [0.2, 0.25) is 23.6 Å². The molecule has 4 aromatic heterocycles. The Morgan fingerprint density at radius 2 is 1.38 bits per heavy atom. The molecule has 2 aliphatic heterocycles. The molecule has 2 aromatic carbocycles. The van der Waals surface area contributed by atoms with Crippen LogP contribution < -0.4 is 10.6 Å². The number of nitrogens with zero attached hydrogens (tertiary/aromatic N) is 6. The van der Waals surface area contributed by atoms with Crippen LogP contribution in [0.25, 0.3) is 55.5 Å². The van der Waals surface area contributed by atoms with Crippen LogP contribution in [-0.4, -0.2) is 95.8 Å². The number of alkyl carbamates (subject to hydrolysis) is 1. The predicted octanol–water partition coefficient (Wildman–Crippen LogP) is 5.66. The van der Waals surface area contributed by atoms with Crippen LogP contribution in [0.2, 0.25) is 0 Å². The number of benzene rings is 2. The van der Waals surface area contributed by atoms with E-state index in [4.69, 9.17) is 29.1 Å². The SMILES string of the molecule is COC(=O)N[C@H](C(=O)N1CCC[C@H]1c1nc2ccc3cc(-c4nc5ccc6nc([C@@H]7CCCN7C(=O)[C@@H](NC(C)=O)C(C)C)[nH]c6c5o4)cnc3c2[nH]1)C(C)C. The average Bonchev–Trinajstić information content (AvgIpc) is 4.02. The molecule has 16 heteroatoms. The monoisotopic (exact) mass is 762 g/mol. The second-order valence-electron chi connectivity index (χ2n) is 15.5. The number of aromatic amines is 2. The first kappa shape index (κ1) is 36.9. The smallest absolute Gasteiger partial charge is 0.407 e. The zero-order chi connectivity index (χ0) is 39.4. The van der Waals surface area contributed by atoms with E-state index in [0.29, 0.717) is 58.3 Å². The van der Waals surface area contributed by atoms with Gasteiger partial charge in [-0.15, -0.1) is 0 Å². The fourth-order valence-corrected chi connectivity index (χ4v) is 8.15. The number of aromatic nitrogens is 6. The Balaban J connectivity index is 1.07. The number of imidazole rings is 2. The summed E-state index contributed by atoms with van der Waals surface area (Å²) in [6.07, 6.45) is 4.21. The summed E-state index contributed by atoms with van der Waals surface area (Å²) in [4.78, 5) is 81.2. The molecule has 4 amide bonds. The first-order valence-corrected chi connectivity index (χ1v) is 19.2. The molecule has 0 aliphatic carbocycles. The number of likely N-dealkylation sites (tertiary alicyclic amines) is 2. The van der Waals surface area contributed by atoms with E-state index in [1.165, 1.54) is 14.0 Å². The van der Waals surface area contributed by atoms with Crippen LogP contribution in [0.1, 0.15) is 84.0 Å². The van der Waals surface area contributed by atoms with Gasteiger partial charge in [0.05, 0.1) is 46.8 Å². The lowest BCUT2D eigenvalue weighted by atomic mass is 10.0. The highest BCUT2D eigenvalue weighted by atomic mass is 16.5. The molecule has 6 aromatic rings. The molecule has 4 atom stereocenters. The average molecular weight is 763 g/mol. The molecule has 0 spiro atoms. The van der Waals surface area contributed by atoms with E-state index in [1.54, 1.807) is 11.1 Å². The molecule has 2 fully saturated rings. The number of oxazole rings is 1. The number of fused-ring (bicyclic) bond motifs is 6. The van der Waals surface area contributed by atoms with Crippen molar-refractivity contribution in [3.05, 3.63) is 48.2 Å². The molecule has 8 rings (SSSR count). The second-order valence-corrected chi connectivity index (χ2v) is 15.5. The number of carbonyl (C=O) groups excluding carboxylic acids is 4. The Bertz CT molecular complexity index is 2500. The summed E-state index contributed by atoms with van der Waals surface area (Å²) in [6, 6.07) is 7.75. The molecule has 0 radical (unpaired) electrons. The van der Waals surface area contributed by atoms with E-state index in [0.717, 1.165) is 47.6 Å². The quantitative estimate of drug-likeness (QED) is 0.142. The number of hydrogen-bond acceptors (Lipinski definition) is 10. The van der Waals surface area contributed by atoms with Crippen LogP contribution in [0.3, 0.4) is 0 Å². The van der Waals surface area contributed by atoms with Crippen LogP contribution in [0.4, 0.5) is 4.79 Å². The number of methoxy groups -OCH3 is 1. The van der Waals surface area contributed by atoms with E-state index in [2.05, 4.69) is 20.6 Å². The fourth-order valence-electron chi connectivity index (χ4n) is 8.15. The summed E-state index contributed by atoms with van der Waals surface area (Å²) in [5.41, 5.74) is 5.50. The molecular weight excluding hydrogens is 717 g/mol. The van der Waals surface area contributed by atoms with E-state index in [9.17, 15) is 19.2 Å². The zero-order valence-corrected chi connectivity index (χ0v) is 32.3. The van der Waals surface area contributed by atoms with Crippen molar-refractivity contribution in [2.75, 3.05) is 20.2 Å². The minimum atomic E-state index is -0.722. The number of carbonyl (C=O) groups is 4. The van der Waals surface area contributed by atoms with Gasteiger partial charge in [-0.1, -0.05) is 33.8 Å². The number of hydrogen-bond donors (Lipinski definition) is 4. The summed E-state index contributed by atoms with van der Waals surface area (Å²) >= 11 is 0. The molecule has 0 unspecified atom stereocenters. The Kier molecular flexibility index (Phi) is 9.58. The topological polar surface area (TPSA) is 204 Å². The van der Waals surface area contributed by atoms with Crippen LogP contribution in [0.5, 0.6) is 0 Å². The number of H-pyrrole nitrogens is 2. The summed E-state index contributed by atoms with van der Waals surface area (Å²) in [7, 11) is 1.28. The van der Waals surface area contributed by atoms with Gasteiger partial charge in [0.25, 0.3) is 0 Å². The van der Waals surface area contributed by atoms with Crippen LogP contribution in [-0.2, 0) is 19.1 Å². The molecule has 16 nitrogen and oxygen atoms in total. The number of ether oxygens (including phenoxy) is 1. The van der Waals surface area contributed by atoms with Gasteiger partial charge in [-0.3, -0.25) is 19.4 Å². The van der Waals surface area contributed by atoms with Crippen molar-refractivity contribution >= 4 is 67.9 Å². The summed E-state index contributed by atoms with van der Waals surface area (Å²) in [5.74, 6) is 1.02. The lowest BCUT2D eigenvalue weighted by Gasteiger charge is -2.30. The van der Waals surface area contributed by atoms with E-state index in [-0.39, 0.29) is 41.6 Å². The third kappa shape index (κ3) is 6.56. The van der Waals surface area contributed by atoms with Gasteiger partial charge >= 0.3 is 6.09 Å². The van der Waals surface area contributed by atoms with Gasteiger partial charge in [0.1, 0.15) is 34.8 Å². The predicted molar refractivity (Wildman–Crippen MR) is 208 cm³/mol. The first-order valence-electron chi connectivity index (χ1n) is 19.2. The Hall–Kier alpha value is -6.06. The number of pyridine rings is 1. The molecule has 292 valence electrons. The third-order valence-corrected chi connectivity index (χ3v) is 11.0. The molecule has 4 N–H and O–H groups in total. The van der Waals surface area contributed by atoms with Gasteiger partial charge in [0, 0.05) is 31.6 Å². The van der Waals surface area contributed by atoms with Crippen LogP contribution in [0, 0.1) is 11.8 Å². The van der Waals surface area contributed by atoms with E-state index < -0.39 is 18.2 Å². The van der Waals surface area contributed by atoms with Crippen molar-refractivity contribution in [2.45, 2.75) is 84.5 Å². The second kappa shape index (κ2) is 14.5. The van der Waals surface area contributed by atoms with Crippen molar-refractivity contribution in [1.82, 2.24) is 50.3 Å². The number of rotatable bonds is 9. The van der Waals surface area contributed by atoms with E-state index >= 15 is 0 Å². The summed E-state index contributed by atoms with van der Waals surface area (Å²) < 4.78 is 11.2. The lowest BCUT2D eigenvalue weighted by molar-refractivity contribution is -0.138. The summed E-state index contributed by atoms with van der Waals surface area (Å²) in [5, 5.41) is 6.38. The van der Waals surface area contributed by atoms with Crippen LogP contribution in [0.15, 0.2) is 40.9 Å². The lowest BCUT2D eigenvalue weighted by Crippen LogP contribution is -2.51. The molecule has 0 bridgehead atoms. The summed E-state index contributed by atoms with van der Waals surface area (Å²) in [6.45, 7) is 10.2. The maximum Gasteiger partial charge on any atom is 0.407 e. The molecule has 2 aliphatic rings. The van der Waals surface area contributed by atoms with Crippen molar-refractivity contribution in [3.63, 3.8) is 0 Å². The minimum absolute atomic E-state index is 0.0647. The maximum absolute atomic E-state index is 13.7. The highest BCUT2D eigenvalue weighted by molar-refractivity contribution is 6.03. The van der Waals surface area contributed by atoms with E-state index in [1.807, 2.05) is 62.9 Å². The largest absolute Gasteiger partial charge is 0.453 e. The van der Waals surface area contributed by atoms with Crippen molar-refractivity contribution in [3.8, 4) is 11.5 Å². The highest BCUT2D eigenvalue weighted by Crippen LogP contribution is 2.37. The van der Waals surface area contributed by atoms with Crippen molar-refractivity contribution < 1.29 is 28.3 Å². The highest BCUT2D eigenvalue weighted by Gasteiger charge is 2.39. The fraction of sp³-hybridized carbons (Fsp3) is 0.450. The van der Waals surface area contributed by atoms with Gasteiger partial charge in [0.15, 0.2) is 5.58 Å².